The molecular weight excluding hydrogens is 284 g/mol. The van der Waals surface area contributed by atoms with Gasteiger partial charge in [-0.05, 0) is 31.7 Å². The van der Waals surface area contributed by atoms with Crippen molar-refractivity contribution in [2.24, 2.45) is 5.92 Å². The van der Waals surface area contributed by atoms with Crippen molar-refractivity contribution in [3.05, 3.63) is 22.5 Å². The van der Waals surface area contributed by atoms with E-state index in [9.17, 15) is 15.2 Å². The second-order valence-corrected chi connectivity index (χ2v) is 6.61. The minimum Gasteiger partial charge on any atom is -0.390 e. The average molecular weight is 310 g/mol. The highest BCUT2D eigenvalue weighted by atomic mass is 16.6. The summed E-state index contributed by atoms with van der Waals surface area (Å²) < 4.78 is 1.45. The molecule has 0 bridgehead atoms. The number of hydrogen-bond acceptors (Lipinski definition) is 5. The number of aromatic nitrogens is 2. The number of piperidine rings is 1. The predicted molar refractivity (Wildman–Crippen MR) is 83.6 cm³/mol. The molecule has 0 radical (unpaired) electrons. The van der Waals surface area contributed by atoms with Gasteiger partial charge in [-0.15, -0.1) is 0 Å². The van der Waals surface area contributed by atoms with Gasteiger partial charge in [0.25, 0.3) is 0 Å². The monoisotopic (exact) mass is 310 g/mol. The van der Waals surface area contributed by atoms with Crippen molar-refractivity contribution in [2.45, 2.75) is 58.2 Å². The van der Waals surface area contributed by atoms with Crippen LogP contribution in [0.4, 0.5) is 5.69 Å². The van der Waals surface area contributed by atoms with Crippen molar-refractivity contribution in [3.63, 3.8) is 0 Å². The number of likely N-dealkylation sites (tertiary alicyclic amines) is 1. The molecule has 0 aliphatic carbocycles. The summed E-state index contributed by atoms with van der Waals surface area (Å²) in [6, 6.07) is 0.537. The molecule has 1 aromatic rings. The molecular formula is C15H26N4O3. The lowest BCUT2D eigenvalue weighted by Crippen LogP contribution is -2.45. The molecule has 1 aliphatic rings. The van der Waals surface area contributed by atoms with Crippen LogP contribution in [0.2, 0.25) is 0 Å². The molecule has 0 saturated carbocycles. The molecule has 1 fully saturated rings. The highest BCUT2D eigenvalue weighted by Crippen LogP contribution is 2.23. The van der Waals surface area contributed by atoms with Gasteiger partial charge in [-0.25, -0.2) is 0 Å². The topological polar surface area (TPSA) is 84.4 Å². The first kappa shape index (κ1) is 16.9. The fraction of sp³-hybridized carbons (Fsp3) is 0.800. The number of rotatable bonds is 7. The molecule has 2 unspecified atom stereocenters. The summed E-state index contributed by atoms with van der Waals surface area (Å²) in [5.74, 6) is 0.650. The van der Waals surface area contributed by atoms with Gasteiger partial charge in [-0.1, -0.05) is 20.3 Å². The Morgan fingerprint density at radius 2 is 2.23 bits per heavy atom. The fourth-order valence-corrected chi connectivity index (χ4v) is 3.20. The Hall–Kier alpha value is -1.47. The van der Waals surface area contributed by atoms with Crippen LogP contribution in [0.5, 0.6) is 0 Å². The summed E-state index contributed by atoms with van der Waals surface area (Å²) in [4.78, 5) is 12.5. The van der Waals surface area contributed by atoms with Gasteiger partial charge in [-0.3, -0.25) is 19.7 Å². The number of aliphatic hydroxyl groups excluding tert-OH is 1. The van der Waals surface area contributed by atoms with Gasteiger partial charge in [0.15, 0.2) is 0 Å². The SMILES string of the molecule is CC(C)CC1CCCCN1CC(O)Cn1cc([N+](=O)[O-])cn1. The summed E-state index contributed by atoms with van der Waals surface area (Å²) in [5.41, 5.74) is -0.0390. The predicted octanol–water partition coefficient (Wildman–Crippen LogP) is 2.05. The standard InChI is InChI=1S/C15H26N4O3/c1-12(2)7-13-5-3-4-6-17(13)10-15(20)11-18-9-14(8-16-18)19(21)22/h8-9,12-13,15,20H,3-7,10-11H2,1-2H3. The summed E-state index contributed by atoms with van der Waals surface area (Å²) in [5, 5.41) is 24.9. The van der Waals surface area contributed by atoms with Gasteiger partial charge < -0.3 is 5.11 Å². The Morgan fingerprint density at radius 1 is 1.45 bits per heavy atom. The number of hydrogen-bond donors (Lipinski definition) is 1. The number of nitrogens with zero attached hydrogens (tertiary/aromatic N) is 4. The van der Waals surface area contributed by atoms with E-state index in [1.807, 2.05) is 0 Å². The zero-order chi connectivity index (χ0) is 16.1. The van der Waals surface area contributed by atoms with Crippen LogP contribution in [0.15, 0.2) is 12.4 Å². The van der Waals surface area contributed by atoms with Crippen molar-refractivity contribution in [1.29, 1.82) is 0 Å². The molecule has 1 saturated heterocycles. The van der Waals surface area contributed by atoms with Gasteiger partial charge in [-0.2, -0.15) is 5.10 Å². The van der Waals surface area contributed by atoms with E-state index in [0.717, 1.165) is 13.0 Å². The molecule has 1 aliphatic heterocycles. The van der Waals surface area contributed by atoms with Crippen LogP contribution >= 0.6 is 0 Å². The van der Waals surface area contributed by atoms with Crippen molar-refractivity contribution in [3.8, 4) is 0 Å². The first-order valence-corrected chi connectivity index (χ1v) is 8.04. The summed E-state index contributed by atoms with van der Waals surface area (Å²) in [6.45, 7) is 6.37. The second-order valence-electron chi connectivity index (χ2n) is 6.61. The molecule has 0 spiro atoms. The molecule has 7 nitrogen and oxygen atoms in total. The first-order valence-electron chi connectivity index (χ1n) is 8.04. The van der Waals surface area contributed by atoms with E-state index in [1.54, 1.807) is 0 Å². The summed E-state index contributed by atoms with van der Waals surface area (Å²) in [7, 11) is 0. The third kappa shape index (κ3) is 4.78. The van der Waals surface area contributed by atoms with Gasteiger partial charge in [0, 0.05) is 12.6 Å². The van der Waals surface area contributed by atoms with E-state index >= 15 is 0 Å². The maximum absolute atomic E-state index is 10.6. The number of nitro groups is 1. The van der Waals surface area contributed by atoms with E-state index in [0.29, 0.717) is 25.0 Å². The van der Waals surface area contributed by atoms with E-state index in [4.69, 9.17) is 0 Å². The van der Waals surface area contributed by atoms with Gasteiger partial charge in [0.05, 0.1) is 17.6 Å². The molecule has 22 heavy (non-hydrogen) atoms. The highest BCUT2D eigenvalue weighted by Gasteiger charge is 2.25. The van der Waals surface area contributed by atoms with Crippen LogP contribution < -0.4 is 0 Å². The zero-order valence-corrected chi connectivity index (χ0v) is 13.4. The summed E-state index contributed by atoms with van der Waals surface area (Å²) >= 11 is 0. The van der Waals surface area contributed by atoms with E-state index in [-0.39, 0.29) is 5.69 Å². The quantitative estimate of drug-likeness (QED) is 0.615. The Morgan fingerprint density at radius 3 is 2.86 bits per heavy atom. The molecule has 2 rings (SSSR count). The lowest BCUT2D eigenvalue weighted by Gasteiger charge is -2.37. The number of aliphatic hydroxyl groups is 1. The van der Waals surface area contributed by atoms with Gasteiger partial charge in [0.2, 0.25) is 0 Å². The van der Waals surface area contributed by atoms with E-state index in [1.165, 1.54) is 36.3 Å². The molecule has 2 atom stereocenters. The van der Waals surface area contributed by atoms with Crippen LogP contribution in [0, 0.1) is 16.0 Å². The van der Waals surface area contributed by atoms with Crippen molar-refractivity contribution in [2.75, 3.05) is 13.1 Å². The molecule has 0 amide bonds. The molecule has 2 heterocycles. The minimum atomic E-state index is -0.563. The van der Waals surface area contributed by atoms with Crippen LogP contribution in [0.1, 0.15) is 39.5 Å². The van der Waals surface area contributed by atoms with Crippen LogP contribution in [-0.2, 0) is 6.54 Å². The normalized spacial score (nSPS) is 21.2. The highest BCUT2D eigenvalue weighted by molar-refractivity contribution is 5.20. The third-order valence-corrected chi connectivity index (χ3v) is 4.17. The lowest BCUT2D eigenvalue weighted by molar-refractivity contribution is -0.385. The van der Waals surface area contributed by atoms with Crippen LogP contribution in [-0.4, -0.2) is 49.9 Å². The molecule has 7 heteroatoms. The second kappa shape index (κ2) is 7.69. The third-order valence-electron chi connectivity index (χ3n) is 4.17. The van der Waals surface area contributed by atoms with Gasteiger partial charge >= 0.3 is 5.69 Å². The zero-order valence-electron chi connectivity index (χ0n) is 13.4. The maximum Gasteiger partial charge on any atom is 0.306 e. The lowest BCUT2D eigenvalue weighted by atomic mass is 9.94. The first-order chi connectivity index (χ1) is 10.5. The molecule has 1 N–H and O–H groups in total. The molecule has 1 aromatic heterocycles. The maximum atomic E-state index is 10.6. The Labute approximate surface area is 131 Å². The molecule has 0 aromatic carbocycles. The van der Waals surface area contributed by atoms with E-state index < -0.39 is 11.0 Å². The smallest absolute Gasteiger partial charge is 0.306 e. The van der Waals surface area contributed by atoms with Gasteiger partial charge in [0.1, 0.15) is 12.4 Å². The van der Waals surface area contributed by atoms with Crippen molar-refractivity contribution in [1.82, 2.24) is 14.7 Å². The average Bonchev–Trinajstić information content (AvgIpc) is 2.89. The minimum absolute atomic E-state index is 0.0390. The van der Waals surface area contributed by atoms with E-state index in [2.05, 4.69) is 23.8 Å². The molecule has 124 valence electrons. The van der Waals surface area contributed by atoms with Crippen molar-refractivity contribution >= 4 is 5.69 Å². The largest absolute Gasteiger partial charge is 0.390 e. The summed E-state index contributed by atoms with van der Waals surface area (Å²) in [6.07, 6.45) is 6.80. The Kier molecular flexibility index (Phi) is 5.90. The Bertz CT molecular complexity index is 489. The van der Waals surface area contributed by atoms with Crippen molar-refractivity contribution < 1.29 is 10.0 Å². The fourth-order valence-electron chi connectivity index (χ4n) is 3.20. The van der Waals surface area contributed by atoms with Crippen LogP contribution in [0.3, 0.4) is 0 Å². The van der Waals surface area contributed by atoms with Crippen LogP contribution in [0.25, 0.3) is 0 Å². The Balaban J connectivity index is 1.88. The number of β-amino-alcohol motifs (C(OH)–C–C–N with tert-alkyl or cyclic N) is 1.